The molecule has 0 aliphatic rings. The quantitative estimate of drug-likeness (QED) is 0.810. The Morgan fingerprint density at radius 3 is 2.73 bits per heavy atom. The fourth-order valence-corrected chi connectivity index (χ4v) is 1.43. The summed E-state index contributed by atoms with van der Waals surface area (Å²) in [5.41, 5.74) is 5.84. The van der Waals surface area contributed by atoms with Gasteiger partial charge >= 0.3 is 0 Å². The van der Waals surface area contributed by atoms with Crippen molar-refractivity contribution in [2.75, 3.05) is 0 Å². The third-order valence-electron chi connectivity index (χ3n) is 2.13. The van der Waals surface area contributed by atoms with Gasteiger partial charge in [0, 0.05) is 23.0 Å². The van der Waals surface area contributed by atoms with E-state index in [1.807, 2.05) is 0 Å². The van der Waals surface area contributed by atoms with Crippen molar-refractivity contribution in [2.24, 2.45) is 5.73 Å². The minimum Gasteiger partial charge on any atom is -0.328 e. The maximum absolute atomic E-state index is 13.6. The van der Waals surface area contributed by atoms with Crippen LogP contribution in [0.5, 0.6) is 0 Å². The van der Waals surface area contributed by atoms with Gasteiger partial charge in [0.25, 0.3) is 0 Å². The standard InChI is InChI=1S/C11H13ClFNO/c1-6(14)5-10(15)8-3-4-9(12)7(2)11(8)13/h3-4,6H,5,14H2,1-2H3. The molecule has 82 valence electrons. The summed E-state index contributed by atoms with van der Waals surface area (Å²) in [5.74, 6) is -0.838. The lowest BCUT2D eigenvalue weighted by Gasteiger charge is -2.07. The second kappa shape index (κ2) is 4.73. The van der Waals surface area contributed by atoms with Crippen LogP contribution in [0.4, 0.5) is 4.39 Å². The highest BCUT2D eigenvalue weighted by atomic mass is 35.5. The molecule has 1 aromatic rings. The Balaban J connectivity index is 3.06. The van der Waals surface area contributed by atoms with Gasteiger partial charge in [-0.3, -0.25) is 4.79 Å². The highest BCUT2D eigenvalue weighted by Gasteiger charge is 2.16. The lowest BCUT2D eigenvalue weighted by molar-refractivity contribution is 0.0972. The van der Waals surface area contributed by atoms with Crippen molar-refractivity contribution in [1.82, 2.24) is 0 Å². The molecule has 2 N–H and O–H groups in total. The third kappa shape index (κ3) is 2.76. The maximum Gasteiger partial charge on any atom is 0.167 e. The average molecular weight is 230 g/mol. The van der Waals surface area contributed by atoms with Crippen LogP contribution in [-0.2, 0) is 0 Å². The van der Waals surface area contributed by atoms with Crippen LogP contribution in [-0.4, -0.2) is 11.8 Å². The number of ketones is 1. The van der Waals surface area contributed by atoms with E-state index in [1.165, 1.54) is 12.1 Å². The second-order valence-corrected chi connectivity index (χ2v) is 4.05. The Bertz CT molecular complexity index is 390. The smallest absolute Gasteiger partial charge is 0.167 e. The molecule has 0 fully saturated rings. The predicted molar refractivity (Wildman–Crippen MR) is 58.7 cm³/mol. The first kappa shape index (κ1) is 12.1. The summed E-state index contributed by atoms with van der Waals surface area (Å²) in [5, 5.41) is 0.324. The van der Waals surface area contributed by atoms with Crippen LogP contribution in [0.2, 0.25) is 5.02 Å². The minimum absolute atomic E-state index is 0.0641. The average Bonchev–Trinajstić information content (AvgIpc) is 2.13. The number of hydrogen-bond donors (Lipinski definition) is 1. The van der Waals surface area contributed by atoms with Crippen LogP contribution in [0.1, 0.15) is 29.3 Å². The van der Waals surface area contributed by atoms with Crippen molar-refractivity contribution >= 4 is 17.4 Å². The number of benzene rings is 1. The zero-order valence-corrected chi connectivity index (χ0v) is 9.44. The molecule has 1 rings (SSSR count). The van der Waals surface area contributed by atoms with Gasteiger partial charge in [-0.25, -0.2) is 4.39 Å². The summed E-state index contributed by atoms with van der Waals surface area (Å²) in [6.07, 6.45) is 0.137. The molecular weight excluding hydrogens is 217 g/mol. The molecule has 0 heterocycles. The van der Waals surface area contributed by atoms with Crippen LogP contribution in [0.15, 0.2) is 12.1 Å². The van der Waals surface area contributed by atoms with Crippen LogP contribution in [0.25, 0.3) is 0 Å². The first-order valence-electron chi connectivity index (χ1n) is 4.67. The molecule has 1 aromatic carbocycles. The summed E-state index contributed by atoms with van der Waals surface area (Å²) in [7, 11) is 0. The summed E-state index contributed by atoms with van der Waals surface area (Å²) in [6, 6.07) is 2.65. The molecule has 0 aliphatic heterocycles. The van der Waals surface area contributed by atoms with Crippen molar-refractivity contribution in [3.05, 3.63) is 34.1 Å². The van der Waals surface area contributed by atoms with Gasteiger partial charge in [-0.05, 0) is 26.0 Å². The van der Waals surface area contributed by atoms with E-state index >= 15 is 0 Å². The van der Waals surface area contributed by atoms with Gasteiger partial charge in [-0.2, -0.15) is 0 Å². The number of nitrogens with two attached hydrogens (primary N) is 1. The lowest BCUT2D eigenvalue weighted by Crippen LogP contribution is -2.20. The van der Waals surface area contributed by atoms with E-state index in [9.17, 15) is 9.18 Å². The predicted octanol–water partition coefficient (Wildman–Crippen LogP) is 2.71. The first-order valence-corrected chi connectivity index (χ1v) is 5.04. The Morgan fingerprint density at radius 2 is 2.20 bits per heavy atom. The van der Waals surface area contributed by atoms with Gasteiger partial charge in [0.15, 0.2) is 5.78 Å². The van der Waals surface area contributed by atoms with E-state index in [2.05, 4.69) is 0 Å². The van der Waals surface area contributed by atoms with Crippen LogP contribution in [0.3, 0.4) is 0 Å². The topological polar surface area (TPSA) is 43.1 Å². The number of rotatable bonds is 3. The number of Topliss-reactive ketones (excluding diaryl/α,β-unsaturated/α-hetero) is 1. The number of carbonyl (C=O) groups excluding carboxylic acids is 1. The van der Waals surface area contributed by atoms with E-state index in [-0.39, 0.29) is 23.8 Å². The molecule has 0 spiro atoms. The van der Waals surface area contributed by atoms with Gasteiger partial charge < -0.3 is 5.73 Å². The van der Waals surface area contributed by atoms with Crippen molar-refractivity contribution < 1.29 is 9.18 Å². The van der Waals surface area contributed by atoms with Crippen molar-refractivity contribution in [2.45, 2.75) is 26.3 Å². The van der Waals surface area contributed by atoms with E-state index in [1.54, 1.807) is 13.8 Å². The molecule has 1 atom stereocenters. The van der Waals surface area contributed by atoms with E-state index in [0.29, 0.717) is 10.6 Å². The maximum atomic E-state index is 13.6. The molecular formula is C11H13ClFNO. The SMILES string of the molecule is Cc1c(Cl)ccc(C(=O)CC(C)N)c1F. The van der Waals surface area contributed by atoms with E-state index in [4.69, 9.17) is 17.3 Å². The molecule has 0 bridgehead atoms. The van der Waals surface area contributed by atoms with Gasteiger partial charge in [-0.15, -0.1) is 0 Å². The molecule has 0 aromatic heterocycles. The zero-order chi connectivity index (χ0) is 11.6. The van der Waals surface area contributed by atoms with Crippen LogP contribution in [0, 0.1) is 12.7 Å². The summed E-state index contributed by atoms with van der Waals surface area (Å²) in [4.78, 5) is 11.6. The molecule has 1 unspecified atom stereocenters. The Kier molecular flexibility index (Phi) is 3.83. The Labute approximate surface area is 93.2 Å². The first-order chi connectivity index (χ1) is 6.93. The Morgan fingerprint density at radius 1 is 1.60 bits per heavy atom. The molecule has 0 aliphatic carbocycles. The van der Waals surface area contributed by atoms with Gasteiger partial charge in [0.1, 0.15) is 5.82 Å². The van der Waals surface area contributed by atoms with Crippen LogP contribution < -0.4 is 5.73 Å². The van der Waals surface area contributed by atoms with Gasteiger partial charge in [0.05, 0.1) is 5.56 Å². The van der Waals surface area contributed by atoms with E-state index < -0.39 is 5.82 Å². The van der Waals surface area contributed by atoms with Gasteiger partial charge in [-0.1, -0.05) is 11.6 Å². The molecule has 4 heteroatoms. The lowest BCUT2D eigenvalue weighted by atomic mass is 10.0. The Hall–Kier alpha value is -0.930. The molecule has 0 radical (unpaired) electrons. The second-order valence-electron chi connectivity index (χ2n) is 3.64. The van der Waals surface area contributed by atoms with Crippen molar-refractivity contribution in [1.29, 1.82) is 0 Å². The molecule has 2 nitrogen and oxygen atoms in total. The molecule has 15 heavy (non-hydrogen) atoms. The van der Waals surface area contributed by atoms with Crippen molar-refractivity contribution in [3.8, 4) is 0 Å². The highest BCUT2D eigenvalue weighted by molar-refractivity contribution is 6.31. The fraction of sp³-hybridized carbons (Fsp3) is 0.364. The number of carbonyl (C=O) groups is 1. The summed E-state index contributed by atoms with van der Waals surface area (Å²) < 4.78 is 13.6. The number of halogens is 2. The largest absolute Gasteiger partial charge is 0.328 e. The molecule has 0 saturated heterocycles. The molecule has 0 saturated carbocycles. The monoisotopic (exact) mass is 229 g/mol. The highest BCUT2D eigenvalue weighted by Crippen LogP contribution is 2.22. The minimum atomic E-state index is -0.548. The van der Waals surface area contributed by atoms with Gasteiger partial charge in [0.2, 0.25) is 0 Å². The van der Waals surface area contributed by atoms with E-state index in [0.717, 1.165) is 0 Å². The summed E-state index contributed by atoms with van der Waals surface area (Å²) in [6.45, 7) is 3.25. The molecule has 0 amide bonds. The third-order valence-corrected chi connectivity index (χ3v) is 2.54. The summed E-state index contributed by atoms with van der Waals surface area (Å²) >= 11 is 5.72. The van der Waals surface area contributed by atoms with Crippen molar-refractivity contribution in [3.63, 3.8) is 0 Å². The number of hydrogen-bond acceptors (Lipinski definition) is 2. The normalized spacial score (nSPS) is 12.6. The zero-order valence-electron chi connectivity index (χ0n) is 8.68. The van der Waals surface area contributed by atoms with Crippen LogP contribution >= 0.6 is 11.6 Å². The fourth-order valence-electron chi connectivity index (χ4n) is 1.28.